The summed E-state index contributed by atoms with van der Waals surface area (Å²) < 4.78 is 5.13. The normalized spacial score (nSPS) is 10.2. The van der Waals surface area contributed by atoms with E-state index in [2.05, 4.69) is 13.8 Å². The molecule has 0 spiro atoms. The summed E-state index contributed by atoms with van der Waals surface area (Å²) in [6.45, 7) is 4.78. The van der Waals surface area contributed by atoms with Crippen molar-refractivity contribution in [3.05, 3.63) is 35.4 Å². The molecule has 0 aliphatic rings. The minimum atomic E-state index is -1.36. The van der Waals surface area contributed by atoms with Crippen LogP contribution in [0.4, 0.5) is 0 Å². The summed E-state index contributed by atoms with van der Waals surface area (Å²) in [4.78, 5) is 22.8. The maximum atomic E-state index is 11.9. The van der Waals surface area contributed by atoms with Gasteiger partial charge in [0.15, 0.2) is 0 Å². The zero-order valence-corrected chi connectivity index (χ0v) is 16.5. The predicted octanol–water partition coefficient (Wildman–Crippen LogP) is 0.208. The first kappa shape index (κ1) is 22.2. The smallest absolute Gasteiger partial charge is 0.545 e. The number of carbonyl (C=O) groups is 2. The van der Waals surface area contributed by atoms with Gasteiger partial charge in [0.2, 0.25) is 0 Å². The van der Waals surface area contributed by atoms with Crippen LogP contribution in [0, 0.1) is 5.92 Å². The zero-order valence-electron chi connectivity index (χ0n) is 14.5. The summed E-state index contributed by atoms with van der Waals surface area (Å²) in [5.74, 6) is -1.21. The number of carboxylic acid groups (broad SMARTS) is 1. The molecule has 0 heterocycles. The van der Waals surface area contributed by atoms with E-state index < -0.39 is 11.9 Å². The molecule has 122 valence electrons. The minimum absolute atomic E-state index is 0. The Labute approximate surface area is 160 Å². The quantitative estimate of drug-likeness (QED) is 0.350. The molecule has 0 amide bonds. The van der Waals surface area contributed by atoms with Crippen molar-refractivity contribution in [2.24, 2.45) is 5.92 Å². The molecule has 0 N–H and O–H groups in total. The van der Waals surface area contributed by atoms with E-state index in [4.69, 9.17) is 4.74 Å². The number of carbonyl (C=O) groups excluding carboxylic acids is 2. The average molecular weight is 328 g/mol. The molecular weight excluding hydrogens is 303 g/mol. The van der Waals surface area contributed by atoms with Crippen molar-refractivity contribution >= 4 is 11.9 Å². The third-order valence-corrected chi connectivity index (χ3v) is 3.53. The molecule has 0 saturated carbocycles. The molecular formula is C18H25NaO4. The monoisotopic (exact) mass is 328 g/mol. The average Bonchev–Trinajstić information content (AvgIpc) is 2.49. The van der Waals surface area contributed by atoms with Gasteiger partial charge in [-0.05, 0) is 18.4 Å². The van der Waals surface area contributed by atoms with Gasteiger partial charge >= 0.3 is 35.5 Å². The van der Waals surface area contributed by atoms with Crippen molar-refractivity contribution in [2.75, 3.05) is 6.61 Å². The van der Waals surface area contributed by atoms with E-state index in [1.165, 1.54) is 31.4 Å². The summed E-state index contributed by atoms with van der Waals surface area (Å²) in [6.07, 6.45) is 6.68. The van der Waals surface area contributed by atoms with Gasteiger partial charge in [-0.15, -0.1) is 0 Å². The Balaban J connectivity index is 0.00000484. The number of ether oxygens (including phenoxy) is 1. The second-order valence-electron chi connectivity index (χ2n) is 5.92. The molecule has 0 bridgehead atoms. The van der Waals surface area contributed by atoms with Crippen molar-refractivity contribution in [1.82, 2.24) is 0 Å². The van der Waals surface area contributed by atoms with Crippen LogP contribution in [0.2, 0.25) is 0 Å². The van der Waals surface area contributed by atoms with Crippen molar-refractivity contribution in [3.63, 3.8) is 0 Å². The van der Waals surface area contributed by atoms with Crippen LogP contribution < -0.4 is 34.7 Å². The van der Waals surface area contributed by atoms with Crippen LogP contribution in [-0.4, -0.2) is 18.5 Å². The van der Waals surface area contributed by atoms with Crippen molar-refractivity contribution in [2.45, 2.75) is 52.4 Å². The number of benzene rings is 1. The first-order chi connectivity index (χ1) is 10.5. The molecule has 1 aromatic rings. The standard InChI is InChI=1S/C18H26O4.Na/c1-14(2)10-6-4-3-5-9-13-22-18(21)16-12-8-7-11-15(16)17(19)20;/h7-8,11-12,14H,3-6,9-10,13H2,1-2H3,(H,19,20);/q;+1/p-1. The summed E-state index contributed by atoms with van der Waals surface area (Å²) in [5, 5.41) is 10.9. The van der Waals surface area contributed by atoms with E-state index in [1.807, 2.05) is 0 Å². The first-order valence-electron chi connectivity index (χ1n) is 8.00. The topological polar surface area (TPSA) is 66.4 Å². The van der Waals surface area contributed by atoms with E-state index in [9.17, 15) is 14.7 Å². The molecule has 0 radical (unpaired) electrons. The molecule has 0 aromatic heterocycles. The van der Waals surface area contributed by atoms with Gasteiger partial charge in [-0.2, -0.15) is 0 Å². The van der Waals surface area contributed by atoms with E-state index in [1.54, 1.807) is 12.1 Å². The van der Waals surface area contributed by atoms with Gasteiger partial charge in [-0.1, -0.05) is 64.2 Å². The Kier molecular flexibility index (Phi) is 12.1. The molecule has 5 heteroatoms. The number of hydrogen-bond acceptors (Lipinski definition) is 4. The maximum absolute atomic E-state index is 11.9. The van der Waals surface area contributed by atoms with Gasteiger partial charge < -0.3 is 14.6 Å². The SMILES string of the molecule is CC(C)CCCCCCCOC(=O)c1ccccc1C(=O)[O-].[Na+]. The van der Waals surface area contributed by atoms with Gasteiger partial charge in [-0.3, -0.25) is 0 Å². The first-order valence-corrected chi connectivity index (χ1v) is 8.00. The fourth-order valence-electron chi connectivity index (χ4n) is 2.27. The van der Waals surface area contributed by atoms with Crippen molar-refractivity contribution in [1.29, 1.82) is 0 Å². The van der Waals surface area contributed by atoms with Gasteiger partial charge in [0, 0.05) is 5.56 Å². The van der Waals surface area contributed by atoms with Crippen molar-refractivity contribution in [3.8, 4) is 0 Å². The molecule has 0 unspecified atom stereocenters. The maximum Gasteiger partial charge on any atom is 1.00 e. The van der Waals surface area contributed by atoms with E-state index in [0.717, 1.165) is 25.2 Å². The van der Waals surface area contributed by atoms with Crippen molar-refractivity contribution < 1.29 is 49.0 Å². The van der Waals surface area contributed by atoms with Crippen LogP contribution in [0.1, 0.15) is 73.1 Å². The Morgan fingerprint density at radius 2 is 1.57 bits per heavy atom. The van der Waals surface area contributed by atoms with Gasteiger partial charge in [0.1, 0.15) is 0 Å². The Hall–Kier alpha value is -0.840. The van der Waals surface area contributed by atoms with E-state index in [-0.39, 0.29) is 40.7 Å². The fourth-order valence-corrected chi connectivity index (χ4v) is 2.27. The molecule has 0 fully saturated rings. The van der Waals surface area contributed by atoms with E-state index in [0.29, 0.717) is 6.61 Å². The number of esters is 1. The van der Waals surface area contributed by atoms with Gasteiger partial charge in [-0.25, -0.2) is 4.79 Å². The molecule has 4 nitrogen and oxygen atoms in total. The zero-order chi connectivity index (χ0) is 16.4. The molecule has 0 aliphatic carbocycles. The van der Waals surface area contributed by atoms with Crippen LogP contribution in [0.5, 0.6) is 0 Å². The minimum Gasteiger partial charge on any atom is -0.545 e. The number of unbranched alkanes of at least 4 members (excludes halogenated alkanes) is 4. The molecule has 23 heavy (non-hydrogen) atoms. The second kappa shape index (κ2) is 12.6. The number of aromatic carboxylic acids is 1. The Morgan fingerprint density at radius 1 is 1.00 bits per heavy atom. The molecule has 0 aliphatic heterocycles. The van der Waals surface area contributed by atoms with Gasteiger partial charge in [0.05, 0.1) is 18.1 Å². The molecule has 1 rings (SSSR count). The van der Waals surface area contributed by atoms with E-state index >= 15 is 0 Å². The number of carboxylic acids is 1. The van der Waals surface area contributed by atoms with Crippen LogP contribution in [0.3, 0.4) is 0 Å². The summed E-state index contributed by atoms with van der Waals surface area (Å²) in [5.41, 5.74) is -0.0689. The summed E-state index contributed by atoms with van der Waals surface area (Å²) in [7, 11) is 0. The number of rotatable bonds is 10. The third kappa shape index (κ3) is 9.14. The molecule has 0 atom stereocenters. The predicted molar refractivity (Wildman–Crippen MR) is 83.6 cm³/mol. The van der Waals surface area contributed by atoms with Crippen LogP contribution >= 0.6 is 0 Å². The molecule has 1 aromatic carbocycles. The third-order valence-electron chi connectivity index (χ3n) is 3.53. The Morgan fingerprint density at radius 3 is 2.17 bits per heavy atom. The second-order valence-corrected chi connectivity index (χ2v) is 5.92. The largest absolute Gasteiger partial charge is 1.00 e. The molecule has 0 saturated heterocycles. The van der Waals surface area contributed by atoms with Gasteiger partial charge in [0.25, 0.3) is 0 Å². The van der Waals surface area contributed by atoms with Crippen LogP contribution in [-0.2, 0) is 4.74 Å². The Bertz CT molecular complexity index is 486. The number of hydrogen-bond donors (Lipinski definition) is 0. The van der Waals surface area contributed by atoms with Crippen LogP contribution in [0.15, 0.2) is 24.3 Å². The van der Waals surface area contributed by atoms with Crippen LogP contribution in [0.25, 0.3) is 0 Å². The summed E-state index contributed by atoms with van der Waals surface area (Å²) >= 11 is 0. The fraction of sp³-hybridized carbons (Fsp3) is 0.556. The summed E-state index contributed by atoms with van der Waals surface area (Å²) in [6, 6.07) is 5.96.